The van der Waals surface area contributed by atoms with Gasteiger partial charge in [0, 0.05) is 0 Å². The summed E-state index contributed by atoms with van der Waals surface area (Å²) in [6.07, 6.45) is 5.36. The van der Waals surface area contributed by atoms with E-state index in [4.69, 9.17) is 0 Å². The summed E-state index contributed by atoms with van der Waals surface area (Å²) in [5.41, 5.74) is 1.52. The highest BCUT2D eigenvalue weighted by atomic mass is 127. The maximum absolute atomic E-state index is 2.30. The van der Waals surface area contributed by atoms with Crippen LogP contribution >= 0.6 is 22.6 Å². The quantitative estimate of drug-likeness (QED) is 0.514. The lowest BCUT2D eigenvalue weighted by Gasteiger charge is -1.96. The van der Waals surface area contributed by atoms with Crippen molar-refractivity contribution in [1.82, 2.24) is 0 Å². The van der Waals surface area contributed by atoms with Gasteiger partial charge in [0.25, 0.3) is 0 Å². The molecule has 0 radical (unpaired) electrons. The summed E-state index contributed by atoms with van der Waals surface area (Å²) < 4.78 is 2.17. The van der Waals surface area contributed by atoms with Crippen molar-refractivity contribution in [2.45, 2.75) is 39.5 Å². The van der Waals surface area contributed by atoms with E-state index in [0.29, 0.717) is 0 Å². The van der Waals surface area contributed by atoms with Crippen LogP contribution in [0.2, 0.25) is 0 Å². The fourth-order valence-corrected chi connectivity index (χ4v) is 1.02. The van der Waals surface area contributed by atoms with Crippen LogP contribution < -0.4 is 0 Å². The lowest BCUT2D eigenvalue weighted by molar-refractivity contribution is 0.714. The van der Waals surface area contributed by atoms with Gasteiger partial charge in [-0.15, -0.1) is 0 Å². The van der Waals surface area contributed by atoms with Gasteiger partial charge < -0.3 is 0 Å². The summed E-state index contributed by atoms with van der Waals surface area (Å²) in [5.74, 6) is 0. The molecule has 0 fully saturated rings. The Bertz CT molecular complexity index is 84.6. The van der Waals surface area contributed by atoms with E-state index in [1.165, 1.54) is 31.3 Å². The predicted molar refractivity (Wildman–Crippen MR) is 51.9 cm³/mol. The molecule has 9 heavy (non-hydrogen) atoms. The third-order valence-electron chi connectivity index (χ3n) is 1.36. The Kier molecular flexibility index (Phi) is 6.93. The van der Waals surface area contributed by atoms with E-state index in [2.05, 4.69) is 40.5 Å². The lowest BCUT2D eigenvalue weighted by atomic mass is 10.1. The van der Waals surface area contributed by atoms with E-state index in [9.17, 15) is 0 Å². The highest BCUT2D eigenvalue weighted by molar-refractivity contribution is 14.1. The average Bonchev–Trinajstić information content (AvgIpc) is 1.89. The molecule has 0 bridgehead atoms. The zero-order chi connectivity index (χ0) is 7.11. The Morgan fingerprint density at radius 3 is 2.56 bits per heavy atom. The molecule has 0 aliphatic heterocycles. The van der Waals surface area contributed by atoms with E-state index >= 15 is 0 Å². The van der Waals surface area contributed by atoms with Crippen LogP contribution in [0.3, 0.4) is 0 Å². The molecule has 0 aromatic heterocycles. The SMILES string of the molecule is CCCCCC(C)=CI. The summed E-state index contributed by atoms with van der Waals surface area (Å²) in [4.78, 5) is 0. The smallest absolute Gasteiger partial charge is 0.0245 e. The van der Waals surface area contributed by atoms with Crippen LogP contribution in [0.1, 0.15) is 39.5 Å². The van der Waals surface area contributed by atoms with Crippen molar-refractivity contribution in [1.29, 1.82) is 0 Å². The highest BCUT2D eigenvalue weighted by Crippen LogP contribution is 2.09. The van der Waals surface area contributed by atoms with Gasteiger partial charge in [0.15, 0.2) is 0 Å². The van der Waals surface area contributed by atoms with E-state index in [1.807, 2.05) is 0 Å². The number of hydrogen-bond donors (Lipinski definition) is 0. The normalized spacial score (nSPS) is 12.1. The van der Waals surface area contributed by atoms with Gasteiger partial charge in [-0.25, -0.2) is 0 Å². The van der Waals surface area contributed by atoms with Crippen LogP contribution in [0.5, 0.6) is 0 Å². The lowest BCUT2D eigenvalue weighted by Crippen LogP contribution is -1.75. The zero-order valence-corrected chi connectivity index (χ0v) is 8.44. The maximum atomic E-state index is 2.30. The number of unbranched alkanes of at least 4 members (excludes halogenated alkanes) is 2. The molecule has 0 aromatic rings. The fraction of sp³-hybridized carbons (Fsp3) is 0.750. The number of allylic oxidation sites excluding steroid dienone is 1. The average molecular weight is 238 g/mol. The van der Waals surface area contributed by atoms with E-state index in [1.54, 1.807) is 0 Å². The second kappa shape index (κ2) is 6.59. The third-order valence-corrected chi connectivity index (χ3v) is 2.42. The van der Waals surface area contributed by atoms with Gasteiger partial charge in [-0.05, 0) is 23.8 Å². The Labute approximate surface area is 71.9 Å². The Morgan fingerprint density at radius 1 is 1.44 bits per heavy atom. The van der Waals surface area contributed by atoms with E-state index < -0.39 is 0 Å². The topological polar surface area (TPSA) is 0 Å². The van der Waals surface area contributed by atoms with Gasteiger partial charge in [-0.1, -0.05) is 47.9 Å². The van der Waals surface area contributed by atoms with Crippen molar-refractivity contribution in [3.63, 3.8) is 0 Å². The Hall–Kier alpha value is 0.470. The van der Waals surface area contributed by atoms with Gasteiger partial charge in [-0.2, -0.15) is 0 Å². The van der Waals surface area contributed by atoms with Crippen LogP contribution in [0.4, 0.5) is 0 Å². The molecular formula is C8H15I. The van der Waals surface area contributed by atoms with Crippen molar-refractivity contribution in [2.24, 2.45) is 0 Å². The number of halogens is 1. The maximum Gasteiger partial charge on any atom is -0.0245 e. The minimum absolute atomic E-state index is 1.29. The third kappa shape index (κ3) is 6.35. The highest BCUT2D eigenvalue weighted by Gasteiger charge is 1.87. The van der Waals surface area contributed by atoms with Crippen molar-refractivity contribution in [3.05, 3.63) is 9.66 Å². The molecule has 54 valence electrons. The summed E-state index contributed by atoms with van der Waals surface area (Å²) in [5, 5.41) is 0. The molecule has 0 saturated carbocycles. The van der Waals surface area contributed by atoms with Crippen molar-refractivity contribution in [2.75, 3.05) is 0 Å². The van der Waals surface area contributed by atoms with Gasteiger partial charge in [0.1, 0.15) is 0 Å². The van der Waals surface area contributed by atoms with Crippen LogP contribution in [-0.4, -0.2) is 0 Å². The summed E-state index contributed by atoms with van der Waals surface area (Å²) in [6.45, 7) is 4.44. The molecule has 0 aromatic carbocycles. The minimum Gasteiger partial charge on any atom is -0.0673 e. The minimum atomic E-state index is 1.29. The first-order valence-corrected chi connectivity index (χ1v) is 4.81. The molecule has 0 unspecified atom stereocenters. The van der Waals surface area contributed by atoms with Crippen molar-refractivity contribution in [3.8, 4) is 0 Å². The first-order chi connectivity index (χ1) is 4.31. The van der Waals surface area contributed by atoms with Gasteiger partial charge in [-0.3, -0.25) is 0 Å². The Balaban J connectivity index is 3.07. The molecule has 0 amide bonds. The number of rotatable bonds is 4. The summed E-state index contributed by atoms with van der Waals surface area (Å²) in [7, 11) is 0. The molecule has 0 spiro atoms. The molecule has 0 aliphatic rings. The largest absolute Gasteiger partial charge is 0.0673 e. The predicted octanol–water partition coefficient (Wildman–Crippen LogP) is 3.91. The first kappa shape index (κ1) is 9.47. The molecule has 0 aliphatic carbocycles. The van der Waals surface area contributed by atoms with Gasteiger partial charge in [0.2, 0.25) is 0 Å². The van der Waals surface area contributed by atoms with Crippen LogP contribution in [0, 0.1) is 0 Å². The second-order valence-electron chi connectivity index (χ2n) is 2.41. The van der Waals surface area contributed by atoms with Gasteiger partial charge >= 0.3 is 0 Å². The second-order valence-corrected chi connectivity index (χ2v) is 3.04. The van der Waals surface area contributed by atoms with Crippen molar-refractivity contribution >= 4 is 22.6 Å². The molecule has 0 N–H and O–H groups in total. The monoisotopic (exact) mass is 238 g/mol. The van der Waals surface area contributed by atoms with E-state index in [-0.39, 0.29) is 0 Å². The summed E-state index contributed by atoms with van der Waals surface area (Å²) >= 11 is 2.30. The van der Waals surface area contributed by atoms with Crippen LogP contribution in [0.15, 0.2) is 9.66 Å². The van der Waals surface area contributed by atoms with Crippen LogP contribution in [0.25, 0.3) is 0 Å². The first-order valence-electron chi connectivity index (χ1n) is 3.57. The molecule has 0 nitrogen and oxygen atoms in total. The van der Waals surface area contributed by atoms with Gasteiger partial charge in [0.05, 0.1) is 0 Å². The van der Waals surface area contributed by atoms with Crippen molar-refractivity contribution < 1.29 is 0 Å². The standard InChI is InChI=1S/C8H15I/c1-3-4-5-6-8(2)7-9/h7H,3-6H2,1-2H3. The molecule has 1 heteroatoms. The zero-order valence-electron chi connectivity index (χ0n) is 6.28. The fourth-order valence-electron chi connectivity index (χ4n) is 0.708. The van der Waals surface area contributed by atoms with Crippen LogP contribution in [-0.2, 0) is 0 Å². The molecule has 0 saturated heterocycles. The molecule has 0 rings (SSSR count). The molecular weight excluding hydrogens is 223 g/mol. The number of hydrogen-bond acceptors (Lipinski definition) is 0. The molecule has 0 heterocycles. The van der Waals surface area contributed by atoms with E-state index in [0.717, 1.165) is 0 Å². The molecule has 0 atom stereocenters. The Morgan fingerprint density at radius 2 is 2.11 bits per heavy atom. The summed E-state index contributed by atoms with van der Waals surface area (Å²) in [6, 6.07) is 0.